The van der Waals surface area contributed by atoms with Crippen LogP contribution in [0.4, 0.5) is 10.5 Å². The molecule has 0 saturated heterocycles. The third-order valence-corrected chi connectivity index (χ3v) is 3.75. The SMILES string of the molecule is CCOC(=O)c1ccc(NC(=O)NCc2nnc3n2CCC3)cc1. The Bertz CT molecular complexity index is 739. The standard InChI is InChI=1S/C16H19N5O3/c1-2-24-15(22)11-5-7-12(8-6-11)18-16(23)17-10-14-20-19-13-4-3-9-21(13)14/h5-8H,2-4,9-10H2,1H3,(H2,17,18,23). The smallest absolute Gasteiger partial charge is 0.338 e. The van der Waals surface area contributed by atoms with Crippen molar-refractivity contribution in [1.29, 1.82) is 0 Å². The predicted octanol–water partition coefficient (Wildman–Crippen LogP) is 1.72. The van der Waals surface area contributed by atoms with Crippen LogP contribution in [-0.4, -0.2) is 33.4 Å². The number of urea groups is 1. The van der Waals surface area contributed by atoms with E-state index in [0.717, 1.165) is 31.0 Å². The fourth-order valence-electron chi connectivity index (χ4n) is 2.58. The van der Waals surface area contributed by atoms with Crippen LogP contribution in [0.3, 0.4) is 0 Å². The molecule has 1 aromatic heterocycles. The van der Waals surface area contributed by atoms with E-state index in [-0.39, 0.29) is 12.0 Å². The maximum Gasteiger partial charge on any atom is 0.338 e. The normalized spacial score (nSPS) is 12.5. The number of carbonyl (C=O) groups excluding carboxylic acids is 2. The van der Waals surface area contributed by atoms with Gasteiger partial charge in [0.25, 0.3) is 0 Å². The molecule has 8 heteroatoms. The molecule has 1 aliphatic rings. The zero-order valence-corrected chi connectivity index (χ0v) is 13.4. The van der Waals surface area contributed by atoms with Crippen molar-refractivity contribution in [2.24, 2.45) is 0 Å². The molecule has 2 aromatic rings. The van der Waals surface area contributed by atoms with Crippen LogP contribution in [0.5, 0.6) is 0 Å². The summed E-state index contributed by atoms with van der Waals surface area (Å²) in [6.45, 7) is 3.30. The summed E-state index contributed by atoms with van der Waals surface area (Å²) in [5, 5.41) is 13.6. The van der Waals surface area contributed by atoms with Gasteiger partial charge in [0.05, 0.1) is 18.7 Å². The minimum atomic E-state index is -0.380. The van der Waals surface area contributed by atoms with E-state index in [1.165, 1.54) is 0 Å². The maximum atomic E-state index is 12.0. The van der Waals surface area contributed by atoms with Crippen molar-refractivity contribution in [3.63, 3.8) is 0 Å². The summed E-state index contributed by atoms with van der Waals surface area (Å²) >= 11 is 0. The van der Waals surface area contributed by atoms with Gasteiger partial charge in [0.15, 0.2) is 5.82 Å². The molecule has 126 valence electrons. The summed E-state index contributed by atoms with van der Waals surface area (Å²) in [4.78, 5) is 23.5. The van der Waals surface area contributed by atoms with Gasteiger partial charge in [-0.25, -0.2) is 9.59 Å². The van der Waals surface area contributed by atoms with Gasteiger partial charge < -0.3 is 19.9 Å². The quantitative estimate of drug-likeness (QED) is 0.814. The number of nitrogens with zero attached hydrogens (tertiary/aromatic N) is 3. The molecular weight excluding hydrogens is 310 g/mol. The van der Waals surface area contributed by atoms with Crippen molar-refractivity contribution in [3.8, 4) is 0 Å². The highest BCUT2D eigenvalue weighted by Gasteiger charge is 2.17. The maximum absolute atomic E-state index is 12.0. The second kappa shape index (κ2) is 7.12. The van der Waals surface area contributed by atoms with Crippen molar-refractivity contribution in [1.82, 2.24) is 20.1 Å². The van der Waals surface area contributed by atoms with Gasteiger partial charge in [0.2, 0.25) is 0 Å². The number of aromatic nitrogens is 3. The average Bonchev–Trinajstić information content (AvgIpc) is 3.17. The predicted molar refractivity (Wildman–Crippen MR) is 86.6 cm³/mol. The van der Waals surface area contributed by atoms with Gasteiger partial charge in [0, 0.05) is 18.7 Å². The molecule has 8 nitrogen and oxygen atoms in total. The average molecular weight is 329 g/mol. The Morgan fingerprint density at radius 3 is 2.79 bits per heavy atom. The molecule has 2 amide bonds. The number of fused-ring (bicyclic) bond motifs is 1. The lowest BCUT2D eigenvalue weighted by Crippen LogP contribution is -2.29. The highest BCUT2D eigenvalue weighted by Crippen LogP contribution is 2.14. The second-order valence-corrected chi connectivity index (χ2v) is 5.39. The summed E-state index contributed by atoms with van der Waals surface area (Å²) in [5.74, 6) is 1.35. The van der Waals surface area contributed by atoms with E-state index < -0.39 is 0 Å². The van der Waals surface area contributed by atoms with Crippen LogP contribution in [0.25, 0.3) is 0 Å². The first kappa shape index (κ1) is 16.0. The molecule has 0 atom stereocenters. The van der Waals surface area contributed by atoms with Crippen LogP contribution in [-0.2, 0) is 24.2 Å². The van der Waals surface area contributed by atoms with Gasteiger partial charge in [-0.15, -0.1) is 10.2 Å². The Balaban J connectivity index is 1.52. The van der Waals surface area contributed by atoms with E-state index in [1.54, 1.807) is 31.2 Å². The van der Waals surface area contributed by atoms with Crippen molar-refractivity contribution >= 4 is 17.7 Å². The van der Waals surface area contributed by atoms with Crippen molar-refractivity contribution in [2.75, 3.05) is 11.9 Å². The van der Waals surface area contributed by atoms with Crippen molar-refractivity contribution in [3.05, 3.63) is 41.5 Å². The number of nitrogens with one attached hydrogen (secondary N) is 2. The van der Waals surface area contributed by atoms with E-state index in [9.17, 15) is 9.59 Å². The molecular formula is C16H19N5O3. The molecule has 0 spiro atoms. The number of rotatable bonds is 5. The lowest BCUT2D eigenvalue weighted by molar-refractivity contribution is 0.0526. The first-order chi connectivity index (χ1) is 11.7. The monoisotopic (exact) mass is 329 g/mol. The Kier molecular flexibility index (Phi) is 4.74. The molecule has 0 aliphatic carbocycles. The van der Waals surface area contributed by atoms with Crippen LogP contribution >= 0.6 is 0 Å². The van der Waals surface area contributed by atoms with Crippen LogP contribution in [0, 0.1) is 0 Å². The van der Waals surface area contributed by atoms with Crippen LogP contribution < -0.4 is 10.6 Å². The van der Waals surface area contributed by atoms with Crippen molar-refractivity contribution in [2.45, 2.75) is 32.9 Å². The lowest BCUT2D eigenvalue weighted by atomic mass is 10.2. The summed E-state index contributed by atoms with van der Waals surface area (Å²) in [6.07, 6.45) is 2.00. The van der Waals surface area contributed by atoms with E-state index in [1.807, 2.05) is 4.57 Å². The number of hydrogen-bond acceptors (Lipinski definition) is 5. The number of hydrogen-bond donors (Lipinski definition) is 2. The zero-order chi connectivity index (χ0) is 16.9. The summed E-state index contributed by atoms with van der Waals surface area (Å²) in [7, 11) is 0. The number of aryl methyl sites for hydroxylation is 1. The van der Waals surface area contributed by atoms with Gasteiger partial charge in [0.1, 0.15) is 5.82 Å². The molecule has 1 aromatic carbocycles. The van der Waals surface area contributed by atoms with Crippen LogP contribution in [0.1, 0.15) is 35.4 Å². The molecule has 24 heavy (non-hydrogen) atoms. The topological polar surface area (TPSA) is 98.1 Å². The van der Waals surface area contributed by atoms with E-state index in [2.05, 4.69) is 20.8 Å². The molecule has 0 radical (unpaired) electrons. The molecule has 1 aliphatic heterocycles. The zero-order valence-electron chi connectivity index (χ0n) is 13.4. The van der Waals surface area contributed by atoms with Crippen LogP contribution in [0.15, 0.2) is 24.3 Å². The fourth-order valence-corrected chi connectivity index (χ4v) is 2.58. The van der Waals surface area contributed by atoms with Crippen LogP contribution in [0.2, 0.25) is 0 Å². The molecule has 3 rings (SSSR count). The highest BCUT2D eigenvalue weighted by atomic mass is 16.5. The summed E-state index contributed by atoms with van der Waals surface area (Å²) in [5.41, 5.74) is 1.04. The number of anilines is 1. The Hall–Kier alpha value is -2.90. The van der Waals surface area contributed by atoms with Gasteiger partial charge in [-0.2, -0.15) is 0 Å². The van der Waals surface area contributed by atoms with Gasteiger partial charge in [-0.05, 0) is 37.6 Å². The summed E-state index contributed by atoms with van der Waals surface area (Å²) in [6, 6.07) is 6.19. The van der Waals surface area contributed by atoms with E-state index in [4.69, 9.17) is 4.74 Å². The minimum Gasteiger partial charge on any atom is -0.462 e. The number of ether oxygens (including phenoxy) is 1. The van der Waals surface area contributed by atoms with Gasteiger partial charge in [-0.3, -0.25) is 0 Å². The largest absolute Gasteiger partial charge is 0.462 e. The van der Waals surface area contributed by atoms with Crippen molar-refractivity contribution < 1.29 is 14.3 Å². The number of esters is 1. The summed E-state index contributed by atoms with van der Waals surface area (Å²) < 4.78 is 6.95. The Labute approximate surface area is 139 Å². The lowest BCUT2D eigenvalue weighted by Gasteiger charge is -2.08. The molecule has 0 fully saturated rings. The highest BCUT2D eigenvalue weighted by molar-refractivity contribution is 5.92. The van der Waals surface area contributed by atoms with E-state index >= 15 is 0 Å². The van der Waals surface area contributed by atoms with Gasteiger partial charge in [-0.1, -0.05) is 0 Å². The molecule has 0 bridgehead atoms. The third kappa shape index (κ3) is 3.53. The molecule has 2 N–H and O–H groups in total. The third-order valence-electron chi connectivity index (χ3n) is 3.75. The van der Waals surface area contributed by atoms with Gasteiger partial charge >= 0.3 is 12.0 Å². The minimum absolute atomic E-state index is 0.319. The molecule has 0 saturated carbocycles. The number of amides is 2. The fraction of sp³-hybridized carbons (Fsp3) is 0.375. The number of benzene rings is 1. The Morgan fingerprint density at radius 2 is 2.04 bits per heavy atom. The molecule has 2 heterocycles. The van der Waals surface area contributed by atoms with E-state index in [0.29, 0.717) is 24.4 Å². The Morgan fingerprint density at radius 1 is 1.25 bits per heavy atom. The first-order valence-corrected chi connectivity index (χ1v) is 7.90. The molecule has 0 unspecified atom stereocenters. The second-order valence-electron chi connectivity index (χ2n) is 5.39. The number of carbonyl (C=O) groups is 2. The first-order valence-electron chi connectivity index (χ1n) is 7.90.